The number of aromatic nitrogens is 1. The van der Waals surface area contributed by atoms with E-state index in [9.17, 15) is 35.9 Å². The molecule has 3 heterocycles. The molecule has 2 saturated heterocycles. The second-order valence-electron chi connectivity index (χ2n) is 9.46. The smallest absolute Gasteiger partial charge is 0.338 e. The van der Waals surface area contributed by atoms with E-state index in [0.717, 1.165) is 5.69 Å². The number of nitrogens with zero attached hydrogens (tertiary/aromatic N) is 4. The van der Waals surface area contributed by atoms with Gasteiger partial charge in [0.2, 0.25) is 0 Å². The molecule has 1 spiro atoms. The number of likely N-dealkylation sites (tertiary alicyclic amines) is 1. The van der Waals surface area contributed by atoms with Crippen LogP contribution in [-0.4, -0.2) is 47.0 Å². The fourth-order valence-corrected chi connectivity index (χ4v) is 5.19. The van der Waals surface area contributed by atoms with Crippen LogP contribution in [0.4, 0.5) is 37.7 Å². The lowest BCUT2D eigenvalue weighted by Gasteiger charge is -2.43. The fourth-order valence-electron chi connectivity index (χ4n) is 5.19. The van der Waals surface area contributed by atoms with Crippen LogP contribution in [0.1, 0.15) is 34.3 Å². The standard InChI is InChI=1S/C27H22F6N4O2/c28-26(29,30)19-14-18(15-20(16-19)27(31,32)33)23(38)35-12-8-25(9-13-35)24(39)36(21-6-10-34-11-7-21)17-37(25)22-4-2-1-3-5-22/h1-7,10-11,14-16H,8-9,12-13,17H2. The summed E-state index contributed by atoms with van der Waals surface area (Å²) >= 11 is 0. The van der Waals surface area contributed by atoms with Crippen LogP contribution in [-0.2, 0) is 17.1 Å². The predicted molar refractivity (Wildman–Crippen MR) is 130 cm³/mol. The van der Waals surface area contributed by atoms with Crippen molar-refractivity contribution in [3.63, 3.8) is 0 Å². The number of benzene rings is 2. The van der Waals surface area contributed by atoms with E-state index in [1.165, 1.54) is 4.90 Å². The molecule has 0 bridgehead atoms. The van der Waals surface area contributed by atoms with Gasteiger partial charge in [0.15, 0.2) is 0 Å². The van der Waals surface area contributed by atoms with Crippen molar-refractivity contribution in [2.45, 2.75) is 30.7 Å². The van der Waals surface area contributed by atoms with Crippen LogP contribution >= 0.6 is 0 Å². The Bertz CT molecular complexity index is 1340. The Kier molecular flexibility index (Phi) is 6.51. The van der Waals surface area contributed by atoms with Gasteiger partial charge in [0.05, 0.1) is 17.8 Å². The van der Waals surface area contributed by atoms with E-state index in [1.807, 2.05) is 35.2 Å². The first-order valence-electron chi connectivity index (χ1n) is 12.0. The molecule has 0 saturated carbocycles. The molecule has 2 fully saturated rings. The van der Waals surface area contributed by atoms with Crippen molar-refractivity contribution >= 4 is 23.2 Å². The average molecular weight is 548 g/mol. The summed E-state index contributed by atoms with van der Waals surface area (Å²) in [5.74, 6) is -1.16. The summed E-state index contributed by atoms with van der Waals surface area (Å²) < 4.78 is 79.9. The minimum Gasteiger partial charge on any atom is -0.338 e. The summed E-state index contributed by atoms with van der Waals surface area (Å²) in [5.41, 5.74) is -3.45. The third-order valence-electron chi connectivity index (χ3n) is 7.20. The maximum atomic E-state index is 13.8. The predicted octanol–water partition coefficient (Wildman–Crippen LogP) is 5.60. The Morgan fingerprint density at radius 3 is 1.90 bits per heavy atom. The number of hydrogen-bond acceptors (Lipinski definition) is 4. The van der Waals surface area contributed by atoms with Crippen molar-refractivity contribution in [2.24, 2.45) is 0 Å². The molecular weight excluding hydrogens is 526 g/mol. The Hall–Kier alpha value is -4.09. The number of pyridine rings is 1. The van der Waals surface area contributed by atoms with Gasteiger partial charge in [-0.25, -0.2) is 0 Å². The van der Waals surface area contributed by atoms with E-state index in [-0.39, 0.29) is 44.6 Å². The number of para-hydroxylation sites is 1. The second-order valence-corrected chi connectivity index (χ2v) is 9.46. The van der Waals surface area contributed by atoms with Crippen LogP contribution in [0.25, 0.3) is 0 Å². The highest BCUT2D eigenvalue weighted by atomic mass is 19.4. The SMILES string of the molecule is O=C(c1cc(C(F)(F)F)cc(C(F)(F)F)c1)N1CCC2(CC1)C(=O)N(c1ccncc1)CN2c1ccccc1. The van der Waals surface area contributed by atoms with Crippen molar-refractivity contribution in [1.29, 1.82) is 0 Å². The minimum atomic E-state index is -5.06. The van der Waals surface area contributed by atoms with Crippen molar-refractivity contribution in [3.05, 3.63) is 89.7 Å². The Labute approximate surface area is 219 Å². The highest BCUT2D eigenvalue weighted by Gasteiger charge is 2.54. The molecule has 39 heavy (non-hydrogen) atoms. The summed E-state index contributed by atoms with van der Waals surface area (Å²) in [6.07, 6.45) is -6.73. The van der Waals surface area contributed by atoms with Gasteiger partial charge in [-0.2, -0.15) is 26.3 Å². The van der Waals surface area contributed by atoms with E-state index in [0.29, 0.717) is 17.8 Å². The Morgan fingerprint density at radius 2 is 1.36 bits per heavy atom. The normalized spacial score (nSPS) is 17.7. The zero-order chi connectivity index (χ0) is 28.0. The van der Waals surface area contributed by atoms with Crippen LogP contribution in [0.2, 0.25) is 0 Å². The van der Waals surface area contributed by atoms with Crippen LogP contribution < -0.4 is 9.80 Å². The number of carbonyl (C=O) groups is 2. The lowest BCUT2D eigenvalue weighted by molar-refractivity contribution is -0.143. The molecule has 6 nitrogen and oxygen atoms in total. The largest absolute Gasteiger partial charge is 0.416 e. The highest BCUT2D eigenvalue weighted by Crippen LogP contribution is 2.42. The Balaban J connectivity index is 1.44. The van der Waals surface area contributed by atoms with Crippen LogP contribution in [0.15, 0.2) is 73.1 Å². The number of alkyl halides is 6. The molecule has 2 aromatic carbocycles. The molecule has 2 amide bonds. The number of amides is 2. The quantitative estimate of drug-likeness (QED) is 0.400. The second kappa shape index (κ2) is 9.58. The van der Waals surface area contributed by atoms with Gasteiger partial charge in [0.1, 0.15) is 5.54 Å². The van der Waals surface area contributed by atoms with Crippen LogP contribution in [0, 0.1) is 0 Å². The fraction of sp³-hybridized carbons (Fsp3) is 0.296. The molecule has 0 atom stereocenters. The van der Waals surface area contributed by atoms with Crippen molar-refractivity contribution in [2.75, 3.05) is 29.6 Å². The summed E-state index contributed by atoms with van der Waals surface area (Å²) in [5, 5.41) is 0. The van der Waals surface area contributed by atoms with E-state index >= 15 is 0 Å². The summed E-state index contributed by atoms with van der Waals surface area (Å²) in [4.78, 5) is 35.7. The van der Waals surface area contributed by atoms with E-state index in [4.69, 9.17) is 0 Å². The molecule has 0 unspecified atom stereocenters. The number of hydrogen-bond donors (Lipinski definition) is 0. The lowest BCUT2D eigenvalue weighted by atomic mass is 9.85. The van der Waals surface area contributed by atoms with Crippen molar-refractivity contribution in [1.82, 2.24) is 9.88 Å². The zero-order valence-electron chi connectivity index (χ0n) is 20.3. The molecule has 0 radical (unpaired) electrons. The molecule has 5 rings (SSSR count). The molecule has 1 aromatic heterocycles. The van der Waals surface area contributed by atoms with Crippen molar-refractivity contribution in [3.8, 4) is 0 Å². The highest BCUT2D eigenvalue weighted by molar-refractivity contribution is 6.06. The molecule has 2 aliphatic heterocycles. The summed E-state index contributed by atoms with van der Waals surface area (Å²) in [6, 6.07) is 13.4. The molecule has 3 aromatic rings. The maximum Gasteiger partial charge on any atom is 0.416 e. The summed E-state index contributed by atoms with van der Waals surface area (Å²) in [6.45, 7) is 0.161. The molecule has 12 heteroatoms. The minimum absolute atomic E-state index is 0.00933. The van der Waals surface area contributed by atoms with Crippen LogP contribution in [0.3, 0.4) is 0 Å². The first kappa shape index (κ1) is 26.5. The monoisotopic (exact) mass is 548 g/mol. The zero-order valence-corrected chi connectivity index (χ0v) is 20.3. The number of rotatable bonds is 3. The molecule has 2 aliphatic rings. The van der Waals surface area contributed by atoms with E-state index < -0.39 is 40.5 Å². The van der Waals surface area contributed by atoms with Gasteiger partial charge in [0, 0.05) is 42.4 Å². The van der Waals surface area contributed by atoms with Gasteiger partial charge in [-0.15, -0.1) is 0 Å². The van der Waals surface area contributed by atoms with E-state index in [2.05, 4.69) is 4.98 Å². The average Bonchev–Trinajstić information content (AvgIpc) is 3.20. The Morgan fingerprint density at radius 1 is 0.795 bits per heavy atom. The van der Waals surface area contributed by atoms with Crippen LogP contribution in [0.5, 0.6) is 0 Å². The van der Waals surface area contributed by atoms with Gasteiger partial charge >= 0.3 is 12.4 Å². The van der Waals surface area contributed by atoms with Gasteiger partial charge in [-0.1, -0.05) is 18.2 Å². The number of piperidine rings is 1. The molecule has 0 aliphatic carbocycles. The van der Waals surface area contributed by atoms with E-state index in [1.54, 1.807) is 29.4 Å². The molecule has 204 valence electrons. The number of carbonyl (C=O) groups excluding carboxylic acids is 2. The number of anilines is 2. The third-order valence-corrected chi connectivity index (χ3v) is 7.20. The maximum absolute atomic E-state index is 13.8. The van der Waals surface area contributed by atoms with Crippen molar-refractivity contribution < 1.29 is 35.9 Å². The number of halogens is 6. The van der Waals surface area contributed by atoms with Gasteiger partial charge < -0.3 is 9.80 Å². The first-order chi connectivity index (χ1) is 18.4. The summed E-state index contributed by atoms with van der Waals surface area (Å²) in [7, 11) is 0. The first-order valence-corrected chi connectivity index (χ1v) is 12.0. The van der Waals surface area contributed by atoms with Gasteiger partial charge in [-0.05, 0) is 55.3 Å². The van der Waals surface area contributed by atoms with Gasteiger partial charge in [-0.3, -0.25) is 19.5 Å². The van der Waals surface area contributed by atoms with Gasteiger partial charge in [0.25, 0.3) is 11.8 Å². The third kappa shape index (κ3) is 4.90. The molecule has 0 N–H and O–H groups in total. The lowest BCUT2D eigenvalue weighted by Crippen LogP contribution is -2.57. The molecular formula is C27H22F6N4O2. The topological polar surface area (TPSA) is 56.8 Å².